The number of rotatable bonds is 11. The minimum absolute atomic E-state index is 0.0421. The van der Waals surface area contributed by atoms with Crippen LogP contribution in [0.2, 0.25) is 0 Å². The van der Waals surface area contributed by atoms with Gasteiger partial charge in [0.25, 0.3) is 0 Å². The minimum Gasteiger partial charge on any atom is -0.497 e. The van der Waals surface area contributed by atoms with Gasteiger partial charge in [-0.25, -0.2) is 4.98 Å². The van der Waals surface area contributed by atoms with E-state index in [0.29, 0.717) is 6.42 Å². The minimum atomic E-state index is 0.0421. The number of carbonyl (C=O) groups is 1. The number of benzene rings is 1. The van der Waals surface area contributed by atoms with Gasteiger partial charge in [0.2, 0.25) is 5.91 Å². The first-order chi connectivity index (χ1) is 12.6. The second-order valence-corrected chi connectivity index (χ2v) is 7.93. The summed E-state index contributed by atoms with van der Waals surface area (Å²) in [5.41, 5.74) is 1.94. The molecule has 0 aliphatic rings. The molecule has 1 N–H and O–H groups in total. The molecule has 0 bridgehead atoms. The third-order valence-corrected chi connectivity index (χ3v) is 5.89. The van der Waals surface area contributed by atoms with Gasteiger partial charge in [0.15, 0.2) is 0 Å². The summed E-state index contributed by atoms with van der Waals surface area (Å²) in [4.78, 5) is 16.5. The van der Waals surface area contributed by atoms with Gasteiger partial charge < -0.3 is 14.8 Å². The molecule has 0 radical (unpaired) electrons. The highest BCUT2D eigenvalue weighted by Gasteiger charge is 2.09. The number of thiazole rings is 1. The molecule has 0 fully saturated rings. The Labute approximate surface area is 163 Å². The standard InChI is InChI=1S/C19H26N2O3S2/c1-4-5-6-7-20-18(22)10-15-13-26-19(21-15)25-12-14-8-16(23-2)11-17(9-14)24-3/h8-9,11,13H,4-7,10,12H2,1-3H3,(H,20,22). The number of hydrogen-bond donors (Lipinski definition) is 1. The van der Waals surface area contributed by atoms with Crippen molar-refractivity contribution in [2.24, 2.45) is 0 Å². The molecule has 0 aliphatic heterocycles. The van der Waals surface area contributed by atoms with E-state index in [0.717, 1.165) is 58.7 Å². The molecule has 2 aromatic rings. The smallest absolute Gasteiger partial charge is 0.226 e. The molecular weight excluding hydrogens is 368 g/mol. The predicted octanol–water partition coefficient (Wildman–Crippen LogP) is 4.30. The average Bonchev–Trinajstić information content (AvgIpc) is 3.10. The maximum Gasteiger partial charge on any atom is 0.226 e. The van der Waals surface area contributed by atoms with Crippen molar-refractivity contribution in [1.82, 2.24) is 10.3 Å². The van der Waals surface area contributed by atoms with Crippen LogP contribution in [0.5, 0.6) is 11.5 Å². The van der Waals surface area contributed by atoms with Gasteiger partial charge in [-0.05, 0) is 24.1 Å². The number of nitrogens with zero attached hydrogens (tertiary/aromatic N) is 1. The lowest BCUT2D eigenvalue weighted by Gasteiger charge is -2.07. The van der Waals surface area contributed by atoms with E-state index >= 15 is 0 Å². The number of methoxy groups -OCH3 is 2. The highest BCUT2D eigenvalue weighted by Crippen LogP contribution is 2.30. The SMILES string of the molecule is CCCCCNC(=O)Cc1csc(SCc2cc(OC)cc(OC)c2)n1. The zero-order valence-corrected chi connectivity index (χ0v) is 17.2. The van der Waals surface area contributed by atoms with E-state index in [-0.39, 0.29) is 5.91 Å². The second kappa shape index (κ2) is 11.1. The third-order valence-electron chi connectivity index (χ3n) is 3.75. The predicted molar refractivity (Wildman–Crippen MR) is 107 cm³/mol. The Hall–Kier alpha value is -1.73. The van der Waals surface area contributed by atoms with Gasteiger partial charge in [-0.2, -0.15) is 0 Å². The van der Waals surface area contributed by atoms with E-state index in [1.807, 2.05) is 23.6 Å². The van der Waals surface area contributed by atoms with E-state index in [9.17, 15) is 4.79 Å². The lowest BCUT2D eigenvalue weighted by atomic mass is 10.2. The zero-order valence-electron chi connectivity index (χ0n) is 15.5. The second-order valence-electron chi connectivity index (χ2n) is 5.85. The molecule has 0 saturated carbocycles. The van der Waals surface area contributed by atoms with E-state index in [1.54, 1.807) is 37.3 Å². The number of carbonyl (C=O) groups excluding carboxylic acids is 1. The Balaban J connectivity index is 1.84. The number of nitrogens with one attached hydrogen (secondary N) is 1. The van der Waals surface area contributed by atoms with E-state index in [2.05, 4.69) is 17.2 Å². The van der Waals surface area contributed by atoms with Gasteiger partial charge in [0.05, 0.1) is 26.3 Å². The lowest BCUT2D eigenvalue weighted by Crippen LogP contribution is -2.26. The quantitative estimate of drug-likeness (QED) is 0.455. The van der Waals surface area contributed by atoms with Crippen LogP contribution in [0.25, 0.3) is 0 Å². The number of thioether (sulfide) groups is 1. The fraction of sp³-hybridized carbons (Fsp3) is 0.474. The van der Waals surface area contributed by atoms with Crippen molar-refractivity contribution in [1.29, 1.82) is 0 Å². The van der Waals surface area contributed by atoms with Crippen molar-refractivity contribution in [3.63, 3.8) is 0 Å². The summed E-state index contributed by atoms with van der Waals surface area (Å²) in [6.45, 7) is 2.90. The fourth-order valence-electron chi connectivity index (χ4n) is 2.36. The molecule has 2 rings (SSSR count). The summed E-state index contributed by atoms with van der Waals surface area (Å²) in [5.74, 6) is 2.36. The van der Waals surface area contributed by atoms with Crippen molar-refractivity contribution in [2.45, 2.75) is 42.7 Å². The molecule has 1 aromatic carbocycles. The van der Waals surface area contributed by atoms with Crippen molar-refractivity contribution < 1.29 is 14.3 Å². The van der Waals surface area contributed by atoms with Crippen LogP contribution in [0.15, 0.2) is 27.9 Å². The van der Waals surface area contributed by atoms with Gasteiger partial charge in [-0.15, -0.1) is 11.3 Å². The first-order valence-electron chi connectivity index (χ1n) is 8.70. The molecule has 1 heterocycles. The summed E-state index contributed by atoms with van der Waals surface area (Å²) in [6, 6.07) is 5.84. The third kappa shape index (κ3) is 6.88. The van der Waals surface area contributed by atoms with Gasteiger partial charge in [-0.3, -0.25) is 4.79 Å². The average molecular weight is 395 g/mol. The van der Waals surface area contributed by atoms with Gasteiger partial charge in [-0.1, -0.05) is 31.5 Å². The molecule has 0 aliphatic carbocycles. The van der Waals surface area contributed by atoms with E-state index in [4.69, 9.17) is 9.47 Å². The van der Waals surface area contributed by atoms with Gasteiger partial charge in [0, 0.05) is 23.7 Å². The van der Waals surface area contributed by atoms with E-state index < -0.39 is 0 Å². The molecule has 0 atom stereocenters. The normalized spacial score (nSPS) is 10.6. The Kier molecular flexibility index (Phi) is 8.77. The number of ether oxygens (including phenoxy) is 2. The number of aromatic nitrogens is 1. The Morgan fingerprint density at radius 1 is 1.19 bits per heavy atom. The van der Waals surface area contributed by atoms with Crippen LogP contribution >= 0.6 is 23.1 Å². The van der Waals surface area contributed by atoms with Gasteiger partial charge in [0.1, 0.15) is 15.8 Å². The number of unbranched alkanes of at least 4 members (excludes halogenated alkanes) is 2. The highest BCUT2D eigenvalue weighted by molar-refractivity contribution is 8.00. The van der Waals surface area contributed by atoms with Crippen LogP contribution in [0.1, 0.15) is 37.4 Å². The summed E-state index contributed by atoms with van der Waals surface area (Å²) >= 11 is 3.22. The van der Waals surface area contributed by atoms with Crippen LogP contribution in [0.4, 0.5) is 0 Å². The van der Waals surface area contributed by atoms with Crippen LogP contribution in [-0.2, 0) is 17.0 Å². The maximum atomic E-state index is 11.9. The molecular formula is C19H26N2O3S2. The lowest BCUT2D eigenvalue weighted by molar-refractivity contribution is -0.120. The Morgan fingerprint density at radius 2 is 1.92 bits per heavy atom. The van der Waals surface area contributed by atoms with Crippen molar-refractivity contribution >= 4 is 29.0 Å². The first kappa shape index (κ1) is 20.6. The fourth-order valence-corrected chi connectivity index (χ4v) is 4.14. The summed E-state index contributed by atoms with van der Waals surface area (Å²) in [6.07, 6.45) is 3.68. The summed E-state index contributed by atoms with van der Waals surface area (Å²) in [7, 11) is 3.29. The van der Waals surface area contributed by atoms with Crippen LogP contribution < -0.4 is 14.8 Å². The molecule has 5 nitrogen and oxygen atoms in total. The Morgan fingerprint density at radius 3 is 2.58 bits per heavy atom. The molecule has 0 unspecified atom stereocenters. The van der Waals surface area contributed by atoms with Crippen LogP contribution in [0.3, 0.4) is 0 Å². The molecule has 0 spiro atoms. The Bertz CT molecular complexity index is 682. The topological polar surface area (TPSA) is 60.5 Å². The largest absolute Gasteiger partial charge is 0.497 e. The highest BCUT2D eigenvalue weighted by atomic mass is 32.2. The molecule has 1 amide bonds. The summed E-state index contributed by atoms with van der Waals surface area (Å²) in [5, 5.41) is 4.91. The van der Waals surface area contributed by atoms with Crippen molar-refractivity contribution in [3.8, 4) is 11.5 Å². The monoisotopic (exact) mass is 394 g/mol. The van der Waals surface area contributed by atoms with Crippen LogP contribution in [0, 0.1) is 0 Å². The molecule has 1 aromatic heterocycles. The number of amides is 1. The van der Waals surface area contributed by atoms with Crippen molar-refractivity contribution in [2.75, 3.05) is 20.8 Å². The van der Waals surface area contributed by atoms with Crippen LogP contribution in [-0.4, -0.2) is 31.7 Å². The molecule has 0 saturated heterocycles. The zero-order chi connectivity index (χ0) is 18.8. The van der Waals surface area contributed by atoms with Gasteiger partial charge >= 0.3 is 0 Å². The maximum absolute atomic E-state index is 11.9. The van der Waals surface area contributed by atoms with Crippen molar-refractivity contribution in [3.05, 3.63) is 34.8 Å². The molecule has 7 heteroatoms. The molecule has 26 heavy (non-hydrogen) atoms. The number of hydrogen-bond acceptors (Lipinski definition) is 6. The summed E-state index contributed by atoms with van der Waals surface area (Å²) < 4.78 is 11.6. The first-order valence-corrected chi connectivity index (χ1v) is 10.6. The molecule has 142 valence electrons. The van der Waals surface area contributed by atoms with E-state index in [1.165, 1.54) is 0 Å².